The van der Waals surface area contributed by atoms with Crippen molar-refractivity contribution in [1.29, 1.82) is 0 Å². The van der Waals surface area contributed by atoms with Crippen molar-refractivity contribution in [1.82, 2.24) is 29.8 Å². The lowest BCUT2D eigenvalue weighted by molar-refractivity contribution is -0.249. The summed E-state index contributed by atoms with van der Waals surface area (Å²) in [6, 6.07) is 0.962. The van der Waals surface area contributed by atoms with Gasteiger partial charge in [-0.3, -0.25) is 9.59 Å². The second kappa shape index (κ2) is 9.10. The first-order valence-electron chi connectivity index (χ1n) is 10.6. The zero-order valence-corrected chi connectivity index (χ0v) is 19.3. The van der Waals surface area contributed by atoms with Crippen LogP contribution in [0.2, 0.25) is 0 Å². The second-order valence-electron chi connectivity index (χ2n) is 8.44. The minimum absolute atomic E-state index is 0.106. The van der Waals surface area contributed by atoms with E-state index in [9.17, 15) is 36.6 Å². The fourth-order valence-electron chi connectivity index (χ4n) is 3.89. The van der Waals surface area contributed by atoms with Gasteiger partial charge in [-0.25, -0.2) is 23.3 Å². The monoisotopic (exact) mass is 529 g/mol. The van der Waals surface area contributed by atoms with E-state index < -0.39 is 54.7 Å². The van der Waals surface area contributed by atoms with Crippen LogP contribution in [0.5, 0.6) is 5.88 Å². The highest BCUT2D eigenvalue weighted by molar-refractivity contribution is 5.98. The minimum atomic E-state index is -5.28. The maximum absolute atomic E-state index is 14.6. The number of aliphatic hydroxyl groups is 1. The summed E-state index contributed by atoms with van der Waals surface area (Å²) in [5.41, 5.74) is 2.01. The van der Waals surface area contributed by atoms with Crippen LogP contribution < -0.4 is 15.8 Å². The molecular weight excluding hydrogens is 509 g/mol. The van der Waals surface area contributed by atoms with Crippen LogP contribution >= 0.6 is 0 Å². The summed E-state index contributed by atoms with van der Waals surface area (Å²) in [5.74, 6) is -3.72. The maximum atomic E-state index is 14.6. The number of nitrogens with one attached hydrogen (secondary N) is 1. The number of methoxy groups -OCH3 is 1. The molecule has 4 N–H and O–H groups in total. The Morgan fingerprint density at radius 1 is 1.24 bits per heavy atom. The molecule has 37 heavy (non-hydrogen) atoms. The van der Waals surface area contributed by atoms with Gasteiger partial charge in [0.1, 0.15) is 23.6 Å². The molecule has 3 atom stereocenters. The second-order valence-corrected chi connectivity index (χ2v) is 8.44. The number of nitrogens with two attached hydrogens (primary N) is 1. The summed E-state index contributed by atoms with van der Waals surface area (Å²) in [5, 5.41) is 15.9. The number of aromatic nitrogens is 4. The van der Waals surface area contributed by atoms with Crippen LogP contribution in [0.4, 0.5) is 27.8 Å². The molecule has 4 heterocycles. The summed E-state index contributed by atoms with van der Waals surface area (Å²) in [7, 11) is 1.21. The number of halogens is 5. The fraction of sp³-hybridized carbons (Fsp3) is 0.381. The third-order valence-corrected chi connectivity index (χ3v) is 5.94. The van der Waals surface area contributed by atoms with Gasteiger partial charge in [0.05, 0.1) is 25.4 Å². The highest BCUT2D eigenvalue weighted by atomic mass is 19.4. The Morgan fingerprint density at radius 3 is 2.59 bits per heavy atom. The van der Waals surface area contributed by atoms with Crippen molar-refractivity contribution < 1.29 is 41.4 Å². The van der Waals surface area contributed by atoms with E-state index in [4.69, 9.17) is 10.5 Å². The lowest BCUT2D eigenvalue weighted by Gasteiger charge is -2.29. The zero-order chi connectivity index (χ0) is 27.3. The molecule has 3 aromatic rings. The Hall–Kier alpha value is -4.08. The highest BCUT2D eigenvalue weighted by Crippen LogP contribution is 2.33. The Balaban J connectivity index is 1.60. The number of pyridine rings is 1. The van der Waals surface area contributed by atoms with Crippen LogP contribution in [0.25, 0.3) is 16.8 Å². The molecule has 1 aliphatic rings. The molecule has 1 aliphatic heterocycles. The van der Waals surface area contributed by atoms with Crippen LogP contribution in [0.1, 0.15) is 17.3 Å². The molecule has 0 unspecified atom stereocenters. The van der Waals surface area contributed by atoms with Crippen molar-refractivity contribution in [2.24, 2.45) is 0 Å². The van der Waals surface area contributed by atoms with Crippen LogP contribution in [-0.4, -0.2) is 85.6 Å². The summed E-state index contributed by atoms with van der Waals surface area (Å²) in [4.78, 5) is 33.4. The molecular formula is C21H20F5N7O4. The Labute approximate surface area is 205 Å². The quantitative estimate of drug-likeness (QED) is 0.417. The number of carbonyl (C=O) groups is 2. The molecule has 198 valence electrons. The lowest BCUT2D eigenvalue weighted by Crippen LogP contribution is -2.56. The van der Waals surface area contributed by atoms with E-state index in [0.29, 0.717) is 4.90 Å². The largest absolute Gasteiger partial charge is 0.480 e. The Bertz CT molecular complexity index is 1380. The SMILES string of the molecule is COc1ncc(-c2cc(F)c3c(N)ncnn23)cc1C(=O)N[C@@H]1CN(C(=O)[C@@](C)(O)C(F)(F)F)C[C@@H]1F. The first kappa shape index (κ1) is 26.0. The number of anilines is 1. The number of carbonyl (C=O) groups excluding carboxylic acids is 2. The van der Waals surface area contributed by atoms with E-state index >= 15 is 0 Å². The number of rotatable bonds is 5. The van der Waals surface area contributed by atoms with Crippen molar-refractivity contribution in [3.8, 4) is 17.1 Å². The van der Waals surface area contributed by atoms with Crippen LogP contribution in [0.15, 0.2) is 24.7 Å². The maximum Gasteiger partial charge on any atom is 0.426 e. The molecule has 2 amide bonds. The average molecular weight is 529 g/mol. The number of amides is 2. The van der Waals surface area contributed by atoms with Crippen LogP contribution in [0.3, 0.4) is 0 Å². The van der Waals surface area contributed by atoms with Crippen molar-refractivity contribution >= 4 is 23.1 Å². The smallest absolute Gasteiger partial charge is 0.426 e. The van der Waals surface area contributed by atoms with Crippen molar-refractivity contribution in [3.63, 3.8) is 0 Å². The van der Waals surface area contributed by atoms with Gasteiger partial charge >= 0.3 is 6.18 Å². The molecule has 11 nitrogen and oxygen atoms in total. The van der Waals surface area contributed by atoms with Gasteiger partial charge in [-0.15, -0.1) is 0 Å². The van der Waals surface area contributed by atoms with Gasteiger partial charge in [-0.2, -0.15) is 18.3 Å². The van der Waals surface area contributed by atoms with Crippen LogP contribution in [-0.2, 0) is 4.79 Å². The predicted molar refractivity (Wildman–Crippen MR) is 117 cm³/mol. The summed E-state index contributed by atoms with van der Waals surface area (Å²) in [6.07, 6.45) is -4.85. The molecule has 0 radical (unpaired) electrons. The van der Waals surface area contributed by atoms with Gasteiger partial charge in [0.25, 0.3) is 11.8 Å². The molecule has 0 bridgehead atoms. The molecule has 1 fully saturated rings. The van der Waals surface area contributed by atoms with E-state index in [1.54, 1.807) is 0 Å². The van der Waals surface area contributed by atoms with Crippen molar-refractivity contribution in [3.05, 3.63) is 36.0 Å². The number of likely N-dealkylation sites (tertiary alicyclic amines) is 1. The van der Waals surface area contributed by atoms with Gasteiger partial charge in [0.15, 0.2) is 11.6 Å². The van der Waals surface area contributed by atoms with Crippen LogP contribution in [0, 0.1) is 5.82 Å². The standard InChI is InChI=1S/C21H20F5N7O4/c1-20(36,21(24,25)26)19(35)32-6-12(23)13(7-32)31-17(34)10-3-9(5-28-18(10)37-2)14-4-11(22)15-16(27)29-8-30-33(14)15/h3-5,8,12-13,36H,6-7H2,1-2H3,(H,31,34)(H2,27,29,30)/t12-,13+,20+/m0/s1. The van der Waals surface area contributed by atoms with E-state index in [0.717, 1.165) is 16.9 Å². The Morgan fingerprint density at radius 2 is 1.95 bits per heavy atom. The number of ether oxygens (including phenoxy) is 1. The molecule has 4 rings (SSSR count). The van der Waals surface area contributed by atoms with Crippen molar-refractivity contribution in [2.75, 3.05) is 25.9 Å². The normalized spacial score (nSPS) is 19.6. The summed E-state index contributed by atoms with van der Waals surface area (Å²) in [6.45, 7) is -1.14. The van der Waals surface area contributed by atoms with Gasteiger partial charge in [-0.05, 0) is 13.0 Å². The van der Waals surface area contributed by atoms with Gasteiger partial charge < -0.3 is 25.8 Å². The number of nitrogen functional groups attached to an aromatic ring is 1. The first-order valence-corrected chi connectivity index (χ1v) is 10.6. The number of hydrogen-bond acceptors (Lipinski definition) is 8. The van der Waals surface area contributed by atoms with E-state index in [-0.39, 0.29) is 41.0 Å². The first-order chi connectivity index (χ1) is 17.3. The zero-order valence-electron chi connectivity index (χ0n) is 19.3. The fourth-order valence-corrected chi connectivity index (χ4v) is 3.89. The van der Waals surface area contributed by atoms with Gasteiger partial charge in [0, 0.05) is 24.4 Å². The molecule has 0 saturated carbocycles. The number of nitrogens with zero attached hydrogens (tertiary/aromatic N) is 5. The minimum Gasteiger partial charge on any atom is -0.480 e. The van der Waals surface area contributed by atoms with E-state index in [2.05, 4.69) is 20.4 Å². The average Bonchev–Trinajstić information content (AvgIpc) is 3.37. The Kier molecular flexibility index (Phi) is 6.39. The third-order valence-electron chi connectivity index (χ3n) is 5.94. The highest BCUT2D eigenvalue weighted by Gasteiger charge is 2.58. The van der Waals surface area contributed by atoms with E-state index in [1.165, 1.54) is 19.4 Å². The van der Waals surface area contributed by atoms with Gasteiger partial charge in [-0.1, -0.05) is 0 Å². The molecule has 1 saturated heterocycles. The summed E-state index contributed by atoms with van der Waals surface area (Å²) < 4.78 is 74.4. The number of alkyl halides is 4. The number of hydrogen-bond donors (Lipinski definition) is 3. The number of fused-ring (bicyclic) bond motifs is 1. The van der Waals surface area contributed by atoms with Gasteiger partial charge in [0.2, 0.25) is 11.5 Å². The molecule has 0 aromatic carbocycles. The van der Waals surface area contributed by atoms with E-state index in [1.807, 2.05) is 0 Å². The topological polar surface area (TPSA) is 148 Å². The molecule has 0 aliphatic carbocycles. The lowest BCUT2D eigenvalue weighted by atomic mass is 10.1. The van der Waals surface area contributed by atoms with Crippen molar-refractivity contribution in [2.45, 2.75) is 30.9 Å². The third kappa shape index (κ3) is 4.47. The molecule has 0 spiro atoms. The molecule has 3 aromatic heterocycles. The predicted octanol–water partition coefficient (Wildman–Crippen LogP) is 1.11. The molecule has 16 heteroatoms. The summed E-state index contributed by atoms with van der Waals surface area (Å²) >= 11 is 0.